The zero-order valence-electron chi connectivity index (χ0n) is 19.3. The molecule has 0 unspecified atom stereocenters. The molecule has 0 radical (unpaired) electrons. The van der Waals surface area contributed by atoms with Crippen molar-refractivity contribution in [2.45, 2.75) is 64.3 Å². The number of carboxylic acid groups (broad SMARTS) is 1. The van der Waals surface area contributed by atoms with Gasteiger partial charge in [0.05, 0.1) is 12.4 Å². The fourth-order valence-corrected chi connectivity index (χ4v) is 5.05. The molecule has 1 atom stereocenters. The van der Waals surface area contributed by atoms with Crippen LogP contribution >= 0.6 is 12.4 Å². The van der Waals surface area contributed by atoms with Gasteiger partial charge in [-0.1, -0.05) is 31.9 Å². The molecule has 11 heteroatoms. The Morgan fingerprint density at radius 2 is 1.79 bits per heavy atom. The molecule has 1 fully saturated rings. The minimum absolute atomic E-state index is 0. The summed E-state index contributed by atoms with van der Waals surface area (Å²) < 4.78 is 32.1. The Kier molecular flexibility index (Phi) is 18.4. The minimum Gasteiger partial charge on any atom is -0.494 e. The molecule has 7 N–H and O–H groups in total. The maximum absolute atomic E-state index is 12.0. The van der Waals surface area contributed by atoms with E-state index in [1.807, 2.05) is 19.1 Å². The third-order valence-electron chi connectivity index (χ3n) is 5.48. The fraction of sp³-hybridized carbons (Fsp3) is 0.682. The first-order valence-corrected chi connectivity index (χ1v) is 12.7. The lowest BCUT2D eigenvalue weighted by Gasteiger charge is -2.22. The van der Waals surface area contributed by atoms with Gasteiger partial charge in [0.15, 0.2) is 0 Å². The lowest BCUT2D eigenvalue weighted by molar-refractivity contribution is -0.138. The summed E-state index contributed by atoms with van der Waals surface area (Å²) >= 11 is 0. The number of unbranched alkanes of at least 4 members (excludes halogenated alkanes) is 2. The molecule has 0 spiro atoms. The van der Waals surface area contributed by atoms with Crippen LogP contribution in [0.1, 0.15) is 57.4 Å². The van der Waals surface area contributed by atoms with Crippen molar-refractivity contribution in [3.05, 3.63) is 29.8 Å². The number of carboxylic acids is 1. The summed E-state index contributed by atoms with van der Waals surface area (Å²) in [5, 5.41) is 12.8. The smallest absolute Gasteiger partial charge is 0.322 e. The highest BCUT2D eigenvalue weighted by Crippen LogP contribution is 2.19. The second kappa shape index (κ2) is 18.0. The number of piperidine rings is 1. The summed E-state index contributed by atoms with van der Waals surface area (Å²) in [6, 6.07) is 6.04. The van der Waals surface area contributed by atoms with E-state index < -0.39 is 22.0 Å². The highest BCUT2D eigenvalue weighted by Gasteiger charge is 2.24. The largest absolute Gasteiger partial charge is 0.494 e. The van der Waals surface area contributed by atoms with Crippen LogP contribution in [0.25, 0.3) is 0 Å². The molecule has 0 aromatic heterocycles. The Bertz CT molecular complexity index is 742. The van der Waals surface area contributed by atoms with Crippen LogP contribution in [0.2, 0.25) is 0 Å². The number of hydrogen-bond acceptors (Lipinski definition) is 5. The SMILES string of the molecule is CCCCS(=O)(=O)N[C@@H](Cc1ccc(OCCCCC2CCNCC2)cc1)C(=O)O.Cl.O.O. The van der Waals surface area contributed by atoms with Gasteiger partial charge in [-0.05, 0) is 75.2 Å². The summed E-state index contributed by atoms with van der Waals surface area (Å²) in [5.41, 5.74) is 0.749. The molecule has 0 amide bonds. The molecule has 2 rings (SSSR count). The zero-order valence-corrected chi connectivity index (χ0v) is 21.0. The molecule has 0 bridgehead atoms. The molecule has 1 aromatic rings. The van der Waals surface area contributed by atoms with Gasteiger partial charge in [-0.15, -0.1) is 12.4 Å². The number of benzene rings is 1. The van der Waals surface area contributed by atoms with Crippen LogP contribution < -0.4 is 14.8 Å². The van der Waals surface area contributed by atoms with E-state index >= 15 is 0 Å². The van der Waals surface area contributed by atoms with E-state index in [0.717, 1.165) is 43.2 Å². The van der Waals surface area contributed by atoms with Gasteiger partial charge in [0.25, 0.3) is 0 Å². The number of sulfonamides is 1. The first kappa shape index (κ1) is 33.7. The number of carbonyl (C=O) groups is 1. The summed E-state index contributed by atoms with van der Waals surface area (Å²) in [7, 11) is -3.60. The number of aliphatic carboxylic acids is 1. The van der Waals surface area contributed by atoms with Crippen LogP contribution in [0.4, 0.5) is 0 Å². The Balaban J connectivity index is 0. The summed E-state index contributed by atoms with van der Waals surface area (Å²) in [5.74, 6) is 0.352. The summed E-state index contributed by atoms with van der Waals surface area (Å²) in [6.07, 6.45) is 7.33. The van der Waals surface area contributed by atoms with Gasteiger partial charge in [-0.3, -0.25) is 4.79 Å². The number of halogens is 1. The topological polar surface area (TPSA) is 168 Å². The van der Waals surface area contributed by atoms with E-state index in [1.165, 1.54) is 25.7 Å². The molecule has 9 nitrogen and oxygen atoms in total. The van der Waals surface area contributed by atoms with Crippen molar-refractivity contribution in [3.63, 3.8) is 0 Å². The van der Waals surface area contributed by atoms with E-state index in [2.05, 4.69) is 10.0 Å². The minimum atomic E-state index is -3.60. The molecule has 0 saturated carbocycles. The van der Waals surface area contributed by atoms with Crippen molar-refractivity contribution < 1.29 is 34.0 Å². The second-order valence-electron chi connectivity index (χ2n) is 8.07. The molecule has 1 aromatic carbocycles. The van der Waals surface area contributed by atoms with Gasteiger partial charge < -0.3 is 26.1 Å². The van der Waals surface area contributed by atoms with Crippen molar-refractivity contribution in [3.8, 4) is 5.75 Å². The number of rotatable bonds is 14. The number of ether oxygens (including phenoxy) is 1. The molecular weight excluding hydrogens is 472 g/mol. The molecule has 1 aliphatic heterocycles. The van der Waals surface area contributed by atoms with E-state index in [-0.39, 0.29) is 35.5 Å². The van der Waals surface area contributed by atoms with E-state index in [1.54, 1.807) is 12.1 Å². The molecule has 1 saturated heterocycles. The Hall–Kier alpha value is -1.43. The average Bonchev–Trinajstić information content (AvgIpc) is 2.73. The van der Waals surface area contributed by atoms with Gasteiger partial charge >= 0.3 is 5.97 Å². The predicted octanol–water partition coefficient (Wildman–Crippen LogP) is 1.72. The van der Waals surface area contributed by atoms with Gasteiger partial charge in [-0.25, -0.2) is 13.1 Å². The number of hydrogen-bond donors (Lipinski definition) is 3. The Morgan fingerprint density at radius 3 is 2.36 bits per heavy atom. The number of nitrogens with one attached hydrogen (secondary N) is 2. The van der Waals surface area contributed by atoms with Crippen LogP contribution in [0.15, 0.2) is 24.3 Å². The van der Waals surface area contributed by atoms with Crippen molar-refractivity contribution in [2.24, 2.45) is 5.92 Å². The van der Waals surface area contributed by atoms with Crippen LogP contribution in [0, 0.1) is 5.92 Å². The van der Waals surface area contributed by atoms with Gasteiger partial charge in [0.1, 0.15) is 11.8 Å². The lowest BCUT2D eigenvalue weighted by Crippen LogP contribution is -2.43. The van der Waals surface area contributed by atoms with Crippen molar-refractivity contribution in [1.82, 2.24) is 10.0 Å². The van der Waals surface area contributed by atoms with Crippen LogP contribution in [-0.4, -0.2) is 61.9 Å². The first-order valence-electron chi connectivity index (χ1n) is 11.0. The van der Waals surface area contributed by atoms with Gasteiger partial charge in [0, 0.05) is 0 Å². The highest BCUT2D eigenvalue weighted by atomic mass is 35.5. The van der Waals surface area contributed by atoms with Crippen molar-refractivity contribution >= 4 is 28.4 Å². The maximum atomic E-state index is 12.0. The first-order chi connectivity index (χ1) is 14.4. The van der Waals surface area contributed by atoms with Crippen LogP contribution in [0.5, 0.6) is 5.75 Å². The second-order valence-corrected chi connectivity index (χ2v) is 9.94. The monoisotopic (exact) mass is 512 g/mol. The molecule has 1 heterocycles. The normalized spacial score (nSPS) is 14.8. The highest BCUT2D eigenvalue weighted by molar-refractivity contribution is 7.89. The van der Waals surface area contributed by atoms with Gasteiger partial charge in [-0.2, -0.15) is 0 Å². The molecule has 194 valence electrons. The molecule has 33 heavy (non-hydrogen) atoms. The maximum Gasteiger partial charge on any atom is 0.322 e. The van der Waals surface area contributed by atoms with E-state index in [9.17, 15) is 18.3 Å². The van der Waals surface area contributed by atoms with Crippen LogP contribution in [-0.2, 0) is 21.2 Å². The van der Waals surface area contributed by atoms with Crippen molar-refractivity contribution in [1.29, 1.82) is 0 Å². The predicted molar refractivity (Wildman–Crippen MR) is 133 cm³/mol. The summed E-state index contributed by atoms with van der Waals surface area (Å²) in [4.78, 5) is 11.5. The lowest BCUT2D eigenvalue weighted by atomic mass is 9.93. The third-order valence-corrected chi connectivity index (χ3v) is 6.95. The summed E-state index contributed by atoms with van der Waals surface area (Å²) in [6.45, 7) is 4.83. The van der Waals surface area contributed by atoms with E-state index in [4.69, 9.17) is 4.74 Å². The fourth-order valence-electron chi connectivity index (χ4n) is 3.64. The molecular formula is C22H41ClN2O7S. The molecule has 0 aliphatic carbocycles. The Labute approximate surface area is 203 Å². The van der Waals surface area contributed by atoms with Crippen LogP contribution in [0.3, 0.4) is 0 Å². The average molecular weight is 513 g/mol. The van der Waals surface area contributed by atoms with Crippen molar-refractivity contribution in [2.75, 3.05) is 25.4 Å². The van der Waals surface area contributed by atoms with Gasteiger partial charge in [0.2, 0.25) is 10.0 Å². The zero-order chi connectivity index (χ0) is 21.8. The van der Waals surface area contributed by atoms with E-state index in [0.29, 0.717) is 13.0 Å². The molecule has 1 aliphatic rings. The third kappa shape index (κ3) is 13.8. The quantitative estimate of drug-likeness (QED) is 0.320. The Morgan fingerprint density at radius 1 is 1.15 bits per heavy atom. The standard InChI is InChI=1S/C22H36N2O5S.ClH.2H2O/c1-2-3-16-30(27,28)24-21(22(25)26)17-19-7-9-20(10-8-19)29-15-5-4-6-18-11-13-23-14-12-18;;;/h7-10,18,21,23-24H,2-6,11-17H2,1H3,(H,25,26);1H;2*1H2/t21-;;;/m0.../s1.